The Labute approximate surface area is 197 Å². The standard InChI is InChI=1S/C30H22N2O2/c1-19-20(2)24(30-32-26-8-4-6-10-28(26)34-30)18-17-22(19)14-11-21-12-15-23(16-13-21)29-31-25-7-3-5-9-27(25)33-29/h3-18H,1-2H3. The first-order valence-electron chi connectivity index (χ1n) is 11.3. The second-order valence-electron chi connectivity index (χ2n) is 8.38. The molecule has 0 bridgehead atoms. The third-order valence-electron chi connectivity index (χ3n) is 6.26. The normalized spacial score (nSPS) is 11.7. The van der Waals surface area contributed by atoms with Crippen LogP contribution in [-0.4, -0.2) is 9.97 Å². The highest BCUT2D eigenvalue weighted by molar-refractivity contribution is 5.80. The molecule has 2 aromatic heterocycles. The number of oxazole rings is 2. The summed E-state index contributed by atoms with van der Waals surface area (Å²) in [6.45, 7) is 4.25. The Morgan fingerprint density at radius 2 is 1.21 bits per heavy atom. The van der Waals surface area contributed by atoms with E-state index in [1.54, 1.807) is 0 Å². The lowest BCUT2D eigenvalue weighted by Gasteiger charge is -2.09. The van der Waals surface area contributed by atoms with Gasteiger partial charge in [0, 0.05) is 11.1 Å². The molecule has 6 aromatic rings. The Bertz CT molecular complexity index is 1600. The summed E-state index contributed by atoms with van der Waals surface area (Å²) in [4.78, 5) is 9.23. The fraction of sp³-hybridized carbons (Fsp3) is 0.0667. The van der Waals surface area contributed by atoms with Crippen LogP contribution in [0.1, 0.15) is 22.3 Å². The fourth-order valence-electron chi connectivity index (χ4n) is 4.16. The molecule has 0 fully saturated rings. The molecule has 0 saturated heterocycles. The summed E-state index contributed by atoms with van der Waals surface area (Å²) in [6.07, 6.45) is 4.27. The van der Waals surface area contributed by atoms with Crippen LogP contribution in [0.15, 0.2) is 93.8 Å². The maximum Gasteiger partial charge on any atom is 0.227 e. The zero-order valence-electron chi connectivity index (χ0n) is 18.9. The molecule has 0 N–H and O–H groups in total. The average molecular weight is 443 g/mol. The van der Waals surface area contributed by atoms with E-state index in [2.05, 4.69) is 60.2 Å². The SMILES string of the molecule is Cc1c(C=Cc2ccc(-c3nc4ccccc4o3)cc2)ccc(-c2nc3ccccc3o2)c1C. The van der Waals surface area contributed by atoms with E-state index in [1.165, 1.54) is 16.7 Å². The van der Waals surface area contributed by atoms with Gasteiger partial charge in [-0.2, -0.15) is 0 Å². The molecule has 4 heteroatoms. The van der Waals surface area contributed by atoms with Crippen molar-refractivity contribution in [2.75, 3.05) is 0 Å². The van der Waals surface area contributed by atoms with Crippen molar-refractivity contribution in [3.63, 3.8) is 0 Å². The summed E-state index contributed by atoms with van der Waals surface area (Å²) in [7, 11) is 0. The van der Waals surface area contributed by atoms with Gasteiger partial charge in [-0.15, -0.1) is 0 Å². The molecule has 6 rings (SSSR count). The number of para-hydroxylation sites is 4. The van der Waals surface area contributed by atoms with Gasteiger partial charge in [-0.05, 0) is 78.6 Å². The lowest BCUT2D eigenvalue weighted by atomic mass is 9.97. The molecule has 164 valence electrons. The van der Waals surface area contributed by atoms with Gasteiger partial charge in [-0.25, -0.2) is 9.97 Å². The summed E-state index contributed by atoms with van der Waals surface area (Å²) in [5.74, 6) is 1.30. The van der Waals surface area contributed by atoms with Gasteiger partial charge in [-0.3, -0.25) is 0 Å². The maximum absolute atomic E-state index is 5.98. The third kappa shape index (κ3) is 3.59. The van der Waals surface area contributed by atoms with Crippen molar-refractivity contribution < 1.29 is 8.83 Å². The van der Waals surface area contributed by atoms with Crippen LogP contribution in [0.5, 0.6) is 0 Å². The predicted molar refractivity (Wildman–Crippen MR) is 137 cm³/mol. The number of fused-ring (bicyclic) bond motifs is 2. The average Bonchev–Trinajstić information content (AvgIpc) is 3.49. The number of hydrogen-bond donors (Lipinski definition) is 0. The molecule has 0 aliphatic carbocycles. The first-order valence-corrected chi connectivity index (χ1v) is 11.3. The molecule has 0 aliphatic rings. The topological polar surface area (TPSA) is 52.1 Å². The minimum absolute atomic E-state index is 0.637. The minimum Gasteiger partial charge on any atom is -0.436 e. The molecule has 4 nitrogen and oxygen atoms in total. The molecule has 0 radical (unpaired) electrons. The highest BCUT2D eigenvalue weighted by Gasteiger charge is 2.13. The highest BCUT2D eigenvalue weighted by atomic mass is 16.4. The van der Waals surface area contributed by atoms with Gasteiger partial charge in [0.1, 0.15) is 11.0 Å². The van der Waals surface area contributed by atoms with E-state index in [0.29, 0.717) is 11.8 Å². The van der Waals surface area contributed by atoms with Crippen molar-refractivity contribution in [2.45, 2.75) is 13.8 Å². The van der Waals surface area contributed by atoms with Gasteiger partial charge in [0.15, 0.2) is 11.2 Å². The van der Waals surface area contributed by atoms with E-state index in [9.17, 15) is 0 Å². The molecular weight excluding hydrogens is 420 g/mol. The molecule has 0 amide bonds. The number of benzene rings is 4. The molecular formula is C30H22N2O2. The van der Waals surface area contributed by atoms with E-state index in [1.807, 2.05) is 60.7 Å². The second-order valence-corrected chi connectivity index (χ2v) is 8.38. The van der Waals surface area contributed by atoms with E-state index >= 15 is 0 Å². The summed E-state index contributed by atoms with van der Waals surface area (Å²) in [5.41, 5.74) is 9.98. The largest absolute Gasteiger partial charge is 0.436 e. The van der Waals surface area contributed by atoms with Crippen LogP contribution in [-0.2, 0) is 0 Å². The Kier molecular flexibility index (Phi) is 4.84. The van der Waals surface area contributed by atoms with Crippen LogP contribution in [0, 0.1) is 13.8 Å². The van der Waals surface area contributed by atoms with Crippen molar-refractivity contribution in [3.8, 4) is 22.9 Å². The Morgan fingerprint density at radius 3 is 1.88 bits per heavy atom. The van der Waals surface area contributed by atoms with Crippen molar-refractivity contribution >= 4 is 34.4 Å². The first-order chi connectivity index (χ1) is 16.7. The maximum atomic E-state index is 5.98. The Hall–Kier alpha value is -4.44. The summed E-state index contributed by atoms with van der Waals surface area (Å²) >= 11 is 0. The van der Waals surface area contributed by atoms with Crippen LogP contribution in [0.2, 0.25) is 0 Å². The van der Waals surface area contributed by atoms with Gasteiger partial charge in [0.2, 0.25) is 11.8 Å². The van der Waals surface area contributed by atoms with Crippen molar-refractivity contribution in [1.82, 2.24) is 9.97 Å². The zero-order chi connectivity index (χ0) is 23.1. The van der Waals surface area contributed by atoms with E-state index in [0.717, 1.165) is 38.9 Å². The summed E-state index contributed by atoms with van der Waals surface area (Å²) in [5, 5.41) is 0. The Balaban J connectivity index is 1.25. The predicted octanol–water partition coefficient (Wildman–Crippen LogP) is 8.09. The number of aromatic nitrogens is 2. The molecule has 0 spiro atoms. The molecule has 34 heavy (non-hydrogen) atoms. The quantitative estimate of drug-likeness (QED) is 0.259. The fourth-order valence-corrected chi connectivity index (χ4v) is 4.16. The minimum atomic E-state index is 0.637. The monoisotopic (exact) mass is 442 g/mol. The van der Waals surface area contributed by atoms with Gasteiger partial charge >= 0.3 is 0 Å². The molecule has 0 unspecified atom stereocenters. The van der Waals surface area contributed by atoms with Crippen LogP contribution >= 0.6 is 0 Å². The molecule has 0 saturated carbocycles. The van der Waals surface area contributed by atoms with Crippen molar-refractivity contribution in [2.24, 2.45) is 0 Å². The smallest absolute Gasteiger partial charge is 0.227 e. The lowest BCUT2D eigenvalue weighted by Crippen LogP contribution is -1.91. The third-order valence-corrected chi connectivity index (χ3v) is 6.26. The second kappa shape index (κ2) is 8.16. The molecule has 2 heterocycles. The van der Waals surface area contributed by atoms with E-state index in [-0.39, 0.29) is 0 Å². The summed E-state index contributed by atoms with van der Waals surface area (Å²) in [6, 6.07) is 28.1. The number of rotatable bonds is 4. The summed E-state index contributed by atoms with van der Waals surface area (Å²) < 4.78 is 11.9. The van der Waals surface area contributed by atoms with Crippen LogP contribution in [0.25, 0.3) is 57.3 Å². The van der Waals surface area contributed by atoms with E-state index in [4.69, 9.17) is 8.83 Å². The molecule has 4 aromatic carbocycles. The van der Waals surface area contributed by atoms with Gasteiger partial charge in [-0.1, -0.05) is 54.6 Å². The van der Waals surface area contributed by atoms with Crippen LogP contribution in [0.3, 0.4) is 0 Å². The van der Waals surface area contributed by atoms with E-state index < -0.39 is 0 Å². The zero-order valence-corrected chi connectivity index (χ0v) is 18.9. The Morgan fingerprint density at radius 1 is 0.588 bits per heavy atom. The molecule has 0 aliphatic heterocycles. The van der Waals surface area contributed by atoms with Crippen molar-refractivity contribution in [3.05, 3.63) is 107 Å². The first kappa shape index (κ1) is 20.2. The highest BCUT2D eigenvalue weighted by Crippen LogP contribution is 2.30. The van der Waals surface area contributed by atoms with Crippen molar-refractivity contribution in [1.29, 1.82) is 0 Å². The molecule has 0 atom stereocenters. The van der Waals surface area contributed by atoms with Crippen LogP contribution in [0.4, 0.5) is 0 Å². The van der Waals surface area contributed by atoms with Crippen LogP contribution < -0.4 is 0 Å². The lowest BCUT2D eigenvalue weighted by molar-refractivity contribution is 0.619. The number of hydrogen-bond acceptors (Lipinski definition) is 4. The van der Waals surface area contributed by atoms with Gasteiger partial charge < -0.3 is 8.83 Å². The number of nitrogens with zero attached hydrogens (tertiary/aromatic N) is 2. The van der Waals surface area contributed by atoms with Gasteiger partial charge in [0.05, 0.1) is 0 Å². The van der Waals surface area contributed by atoms with Gasteiger partial charge in [0.25, 0.3) is 0 Å².